The second kappa shape index (κ2) is 2.82. The van der Waals surface area contributed by atoms with E-state index in [4.69, 9.17) is 4.84 Å². The Morgan fingerprint density at radius 2 is 2.00 bits per heavy atom. The highest BCUT2D eigenvalue weighted by Crippen LogP contribution is 2.02. The highest BCUT2D eigenvalue weighted by molar-refractivity contribution is 5.78. The lowest BCUT2D eigenvalue weighted by molar-refractivity contribution is -0.140. The van der Waals surface area contributed by atoms with Crippen molar-refractivity contribution in [2.24, 2.45) is 0 Å². The molecule has 53 valence electrons. The van der Waals surface area contributed by atoms with E-state index in [0.717, 1.165) is 0 Å². The van der Waals surface area contributed by atoms with Crippen LogP contribution in [0.4, 0.5) is 0 Å². The van der Waals surface area contributed by atoms with Gasteiger partial charge in [-0.2, -0.15) is 0 Å². The number of hydroxylamine groups is 1. The van der Waals surface area contributed by atoms with E-state index in [9.17, 15) is 4.79 Å². The van der Waals surface area contributed by atoms with Crippen LogP contribution in [0.25, 0.3) is 0 Å². The molecule has 0 rings (SSSR count). The molecular formula is C6H12NO2. The average Bonchev–Trinajstić information content (AvgIpc) is 1.59. The molecule has 0 aliphatic carbocycles. The Kier molecular flexibility index (Phi) is 2.65. The third-order valence-electron chi connectivity index (χ3n) is 0.471. The van der Waals surface area contributed by atoms with Crippen LogP contribution >= 0.6 is 0 Å². The predicted octanol–water partition coefficient (Wildman–Crippen LogP) is 0.667. The van der Waals surface area contributed by atoms with Gasteiger partial charge in [-0.25, -0.2) is 5.48 Å². The average molecular weight is 130 g/mol. The number of carbonyl (C=O) groups is 1. The number of carbonyl (C=O) groups excluding carboxylic acids is 1. The van der Waals surface area contributed by atoms with Gasteiger partial charge in [-0.05, 0) is 20.8 Å². The molecule has 0 bridgehead atoms. The molecule has 0 aliphatic rings. The summed E-state index contributed by atoms with van der Waals surface area (Å²) in [4.78, 5) is 15.0. The van der Waals surface area contributed by atoms with E-state index >= 15 is 0 Å². The fourth-order valence-corrected chi connectivity index (χ4v) is 0.210. The molecule has 1 radical (unpaired) electrons. The summed E-state index contributed by atoms with van der Waals surface area (Å²) >= 11 is 0. The molecule has 9 heavy (non-hydrogen) atoms. The molecule has 0 saturated carbocycles. The maximum absolute atomic E-state index is 10.1. The number of nitrogens with one attached hydrogen (secondary N) is 1. The van der Waals surface area contributed by atoms with Gasteiger partial charge in [0.15, 0.2) is 0 Å². The van der Waals surface area contributed by atoms with E-state index in [2.05, 4.69) is 12.4 Å². The molecule has 0 spiro atoms. The summed E-state index contributed by atoms with van der Waals surface area (Å²) in [5.41, 5.74) is 1.80. The Bertz CT molecular complexity index is 104. The molecule has 1 amide bonds. The van der Waals surface area contributed by atoms with Crippen LogP contribution in [0.5, 0.6) is 0 Å². The van der Waals surface area contributed by atoms with E-state index < -0.39 is 5.91 Å². The standard InChI is InChI=1S/C6H12NO2/c1-5(8)7-9-6(2,3)4/h1H2,2-4H3,(H,7,8). The summed E-state index contributed by atoms with van der Waals surface area (Å²) in [5.74, 6) is -0.426. The van der Waals surface area contributed by atoms with Gasteiger partial charge in [0.1, 0.15) is 0 Å². The van der Waals surface area contributed by atoms with Crippen LogP contribution in [0, 0.1) is 6.92 Å². The lowest BCUT2D eigenvalue weighted by atomic mass is 10.2. The molecular weight excluding hydrogens is 118 g/mol. The van der Waals surface area contributed by atoms with Crippen LogP contribution in [0.2, 0.25) is 0 Å². The smallest absolute Gasteiger partial charge is 0.244 e. The zero-order chi connectivity index (χ0) is 7.49. The van der Waals surface area contributed by atoms with Crippen molar-refractivity contribution in [3.05, 3.63) is 6.92 Å². The van der Waals surface area contributed by atoms with Gasteiger partial charge in [0.25, 0.3) is 0 Å². The molecule has 0 aromatic carbocycles. The Morgan fingerprint density at radius 3 is 2.11 bits per heavy atom. The van der Waals surface area contributed by atoms with Gasteiger partial charge < -0.3 is 0 Å². The van der Waals surface area contributed by atoms with E-state index in [-0.39, 0.29) is 5.60 Å². The maximum Gasteiger partial charge on any atom is 0.244 e. The number of rotatable bonds is 1. The first-order valence-electron chi connectivity index (χ1n) is 2.72. The molecule has 0 aromatic rings. The third kappa shape index (κ3) is 7.43. The van der Waals surface area contributed by atoms with Crippen LogP contribution < -0.4 is 5.48 Å². The summed E-state index contributed by atoms with van der Waals surface area (Å²) < 4.78 is 0. The van der Waals surface area contributed by atoms with Crippen molar-refractivity contribution in [2.75, 3.05) is 0 Å². The number of hydrogen-bond donors (Lipinski definition) is 1. The Morgan fingerprint density at radius 1 is 1.56 bits per heavy atom. The zero-order valence-electron chi connectivity index (χ0n) is 6.02. The SMILES string of the molecule is [CH2]C(=O)NOC(C)(C)C. The molecule has 0 fully saturated rings. The minimum absolute atomic E-state index is 0.340. The molecule has 0 unspecified atom stereocenters. The van der Waals surface area contributed by atoms with Crippen LogP contribution in [-0.4, -0.2) is 11.5 Å². The van der Waals surface area contributed by atoms with Crippen molar-refractivity contribution in [3.8, 4) is 0 Å². The molecule has 1 N–H and O–H groups in total. The van der Waals surface area contributed by atoms with Crippen LogP contribution in [0.15, 0.2) is 0 Å². The van der Waals surface area contributed by atoms with Crippen molar-refractivity contribution in [2.45, 2.75) is 26.4 Å². The highest BCUT2D eigenvalue weighted by Gasteiger charge is 2.10. The summed E-state index contributed by atoms with van der Waals surface area (Å²) in [7, 11) is 0. The second-order valence-corrected chi connectivity index (χ2v) is 2.74. The minimum Gasteiger partial charge on any atom is -0.273 e. The monoisotopic (exact) mass is 130 g/mol. The number of amides is 1. The van der Waals surface area contributed by atoms with E-state index in [0.29, 0.717) is 0 Å². The number of hydrogen-bond acceptors (Lipinski definition) is 2. The first-order valence-corrected chi connectivity index (χ1v) is 2.72. The summed E-state index contributed by atoms with van der Waals surface area (Å²) in [6.45, 7) is 8.58. The first-order chi connectivity index (χ1) is 3.92. The van der Waals surface area contributed by atoms with E-state index in [1.54, 1.807) is 0 Å². The Labute approximate surface area is 55.3 Å². The largest absolute Gasteiger partial charge is 0.273 e. The summed E-state index contributed by atoms with van der Waals surface area (Å²) in [6, 6.07) is 0. The Balaban J connectivity index is 3.39. The molecule has 0 aliphatic heterocycles. The quantitative estimate of drug-likeness (QED) is 0.530. The van der Waals surface area contributed by atoms with Crippen LogP contribution in [0.3, 0.4) is 0 Å². The Hall–Kier alpha value is -0.570. The predicted molar refractivity (Wildman–Crippen MR) is 34.3 cm³/mol. The van der Waals surface area contributed by atoms with Crippen molar-refractivity contribution >= 4 is 5.91 Å². The highest BCUT2D eigenvalue weighted by atomic mass is 16.7. The van der Waals surface area contributed by atoms with Gasteiger partial charge in [-0.1, -0.05) is 0 Å². The first kappa shape index (κ1) is 8.43. The molecule has 0 heterocycles. The minimum atomic E-state index is -0.426. The van der Waals surface area contributed by atoms with Gasteiger partial charge >= 0.3 is 0 Å². The normalized spacial score (nSPS) is 11.1. The molecule has 0 aromatic heterocycles. The lowest BCUT2D eigenvalue weighted by Gasteiger charge is -2.17. The lowest BCUT2D eigenvalue weighted by Crippen LogP contribution is -2.32. The summed E-state index contributed by atoms with van der Waals surface area (Å²) in [6.07, 6.45) is 0. The van der Waals surface area contributed by atoms with Gasteiger partial charge in [0, 0.05) is 6.92 Å². The molecule has 3 nitrogen and oxygen atoms in total. The van der Waals surface area contributed by atoms with Crippen molar-refractivity contribution < 1.29 is 9.63 Å². The summed E-state index contributed by atoms with van der Waals surface area (Å²) in [5, 5.41) is 0. The van der Waals surface area contributed by atoms with Crippen molar-refractivity contribution in [1.82, 2.24) is 5.48 Å². The third-order valence-corrected chi connectivity index (χ3v) is 0.471. The fourth-order valence-electron chi connectivity index (χ4n) is 0.210. The topological polar surface area (TPSA) is 38.3 Å². The van der Waals surface area contributed by atoms with E-state index in [1.807, 2.05) is 20.8 Å². The van der Waals surface area contributed by atoms with E-state index in [1.165, 1.54) is 0 Å². The van der Waals surface area contributed by atoms with Gasteiger partial charge in [0.05, 0.1) is 5.60 Å². The van der Waals surface area contributed by atoms with Crippen molar-refractivity contribution in [3.63, 3.8) is 0 Å². The van der Waals surface area contributed by atoms with Crippen LogP contribution in [0.1, 0.15) is 20.8 Å². The van der Waals surface area contributed by atoms with Gasteiger partial charge in [0.2, 0.25) is 5.91 Å². The van der Waals surface area contributed by atoms with Gasteiger partial charge in [-0.15, -0.1) is 0 Å². The fraction of sp³-hybridized carbons (Fsp3) is 0.667. The van der Waals surface area contributed by atoms with Crippen molar-refractivity contribution in [1.29, 1.82) is 0 Å². The van der Waals surface area contributed by atoms with Crippen LogP contribution in [-0.2, 0) is 9.63 Å². The zero-order valence-corrected chi connectivity index (χ0v) is 6.02. The molecule has 0 saturated heterocycles. The van der Waals surface area contributed by atoms with Gasteiger partial charge in [-0.3, -0.25) is 9.63 Å². The molecule has 0 atom stereocenters. The maximum atomic E-state index is 10.1. The second-order valence-electron chi connectivity index (χ2n) is 2.74. The molecule has 3 heteroatoms.